The van der Waals surface area contributed by atoms with Crippen molar-refractivity contribution < 1.29 is 8.78 Å². The Morgan fingerprint density at radius 3 is 2.66 bits per heavy atom. The lowest BCUT2D eigenvalue weighted by Crippen LogP contribution is -2.37. The first-order valence-electron chi connectivity index (χ1n) is 9.58. The van der Waals surface area contributed by atoms with Crippen LogP contribution in [0, 0.1) is 11.6 Å². The minimum absolute atomic E-state index is 0.191. The molecule has 0 fully saturated rings. The van der Waals surface area contributed by atoms with Gasteiger partial charge in [-0.15, -0.1) is 0 Å². The third kappa shape index (κ3) is 5.54. The van der Waals surface area contributed by atoms with Gasteiger partial charge >= 0.3 is 0 Å². The fourth-order valence-corrected chi connectivity index (χ4v) is 3.29. The first-order valence-corrected chi connectivity index (χ1v) is 9.58. The standard InChI is InChI=1S/C22H27F2N5/c1-25-22(28-12-15-4-7-20(24)17(10-15)14-29(2)3)26-9-8-16-13-27-21-11-18(23)5-6-19(16)21/h4-7,10-11,13,27H,8-9,12,14H2,1-3H3,(H2,25,26,28). The normalized spacial score (nSPS) is 12.0. The van der Waals surface area contributed by atoms with Crippen molar-refractivity contribution in [3.8, 4) is 0 Å². The van der Waals surface area contributed by atoms with Gasteiger partial charge in [-0.25, -0.2) is 8.78 Å². The second kappa shape index (κ2) is 9.52. The Morgan fingerprint density at radius 1 is 1.07 bits per heavy atom. The zero-order chi connectivity index (χ0) is 20.8. The summed E-state index contributed by atoms with van der Waals surface area (Å²) in [5.74, 6) is 0.237. The molecule has 0 bridgehead atoms. The topological polar surface area (TPSA) is 55.5 Å². The molecule has 0 aliphatic carbocycles. The van der Waals surface area contributed by atoms with Gasteiger partial charge in [-0.2, -0.15) is 0 Å². The number of aromatic amines is 1. The molecule has 3 rings (SSSR count). The van der Waals surface area contributed by atoms with E-state index in [0.29, 0.717) is 31.2 Å². The minimum Gasteiger partial charge on any atom is -0.361 e. The molecular weight excluding hydrogens is 372 g/mol. The van der Waals surface area contributed by atoms with E-state index in [2.05, 4.69) is 20.6 Å². The number of halogens is 2. The first-order chi connectivity index (χ1) is 14.0. The zero-order valence-corrected chi connectivity index (χ0v) is 17.0. The Bertz CT molecular complexity index is 994. The molecule has 0 spiro atoms. The number of aromatic nitrogens is 1. The molecule has 0 saturated heterocycles. The highest BCUT2D eigenvalue weighted by molar-refractivity contribution is 5.83. The lowest BCUT2D eigenvalue weighted by molar-refractivity contribution is 0.392. The molecule has 2 aromatic carbocycles. The number of nitrogens with zero attached hydrogens (tertiary/aromatic N) is 2. The molecule has 0 aliphatic heterocycles. The maximum absolute atomic E-state index is 13.9. The predicted molar refractivity (Wildman–Crippen MR) is 114 cm³/mol. The summed E-state index contributed by atoms with van der Waals surface area (Å²) >= 11 is 0. The van der Waals surface area contributed by atoms with Gasteiger partial charge in [-0.05, 0) is 62.0 Å². The first kappa shape index (κ1) is 20.8. The van der Waals surface area contributed by atoms with Crippen molar-refractivity contribution >= 4 is 16.9 Å². The molecule has 1 heterocycles. The highest BCUT2D eigenvalue weighted by Crippen LogP contribution is 2.19. The number of H-pyrrole nitrogens is 1. The number of aliphatic imine (C=N–C) groups is 1. The van der Waals surface area contributed by atoms with Crippen LogP contribution in [0.4, 0.5) is 8.78 Å². The van der Waals surface area contributed by atoms with E-state index in [1.54, 1.807) is 19.2 Å². The van der Waals surface area contributed by atoms with Crippen LogP contribution < -0.4 is 10.6 Å². The van der Waals surface area contributed by atoms with Gasteiger partial charge in [0.05, 0.1) is 0 Å². The summed E-state index contributed by atoms with van der Waals surface area (Å²) < 4.78 is 27.2. The van der Waals surface area contributed by atoms with E-state index in [1.165, 1.54) is 18.2 Å². The molecule has 1 aromatic heterocycles. The summed E-state index contributed by atoms with van der Waals surface area (Å²) in [4.78, 5) is 9.28. The molecule has 5 nitrogen and oxygen atoms in total. The maximum atomic E-state index is 13.9. The van der Waals surface area contributed by atoms with Gasteiger partial charge in [0.15, 0.2) is 5.96 Å². The van der Waals surface area contributed by atoms with Crippen molar-refractivity contribution in [2.24, 2.45) is 4.99 Å². The van der Waals surface area contributed by atoms with Gasteiger partial charge in [0.2, 0.25) is 0 Å². The van der Waals surface area contributed by atoms with Crippen LogP contribution in [0.3, 0.4) is 0 Å². The van der Waals surface area contributed by atoms with Crippen LogP contribution in [0.1, 0.15) is 16.7 Å². The van der Waals surface area contributed by atoms with Gasteiger partial charge in [-0.1, -0.05) is 6.07 Å². The van der Waals surface area contributed by atoms with E-state index in [9.17, 15) is 8.78 Å². The lowest BCUT2D eigenvalue weighted by Gasteiger charge is -2.14. The summed E-state index contributed by atoms with van der Waals surface area (Å²) in [6.45, 7) is 1.78. The summed E-state index contributed by atoms with van der Waals surface area (Å²) in [7, 11) is 5.55. The second-order valence-electron chi connectivity index (χ2n) is 7.27. The summed E-state index contributed by atoms with van der Waals surface area (Å²) in [5, 5.41) is 7.56. The highest BCUT2D eigenvalue weighted by Gasteiger charge is 2.07. The molecule has 0 radical (unpaired) electrons. The van der Waals surface area contributed by atoms with Gasteiger partial charge in [0, 0.05) is 49.3 Å². The molecule has 3 N–H and O–H groups in total. The summed E-state index contributed by atoms with van der Waals surface area (Å²) in [5.41, 5.74) is 3.58. The fourth-order valence-electron chi connectivity index (χ4n) is 3.29. The minimum atomic E-state index is -0.247. The third-order valence-corrected chi connectivity index (χ3v) is 4.70. The van der Waals surface area contributed by atoms with E-state index in [0.717, 1.165) is 28.5 Å². The molecule has 7 heteroatoms. The van der Waals surface area contributed by atoms with E-state index < -0.39 is 0 Å². The monoisotopic (exact) mass is 399 g/mol. The molecule has 3 aromatic rings. The molecule has 0 amide bonds. The Morgan fingerprint density at radius 2 is 1.90 bits per heavy atom. The van der Waals surface area contributed by atoms with Crippen molar-refractivity contribution in [3.63, 3.8) is 0 Å². The number of hydrogen-bond acceptors (Lipinski definition) is 2. The molecule has 154 valence electrons. The number of rotatable bonds is 7. The van der Waals surface area contributed by atoms with Crippen LogP contribution in [-0.4, -0.2) is 43.5 Å². The Balaban J connectivity index is 1.53. The fraction of sp³-hybridized carbons (Fsp3) is 0.318. The van der Waals surface area contributed by atoms with Crippen molar-refractivity contribution in [1.82, 2.24) is 20.5 Å². The van der Waals surface area contributed by atoms with Crippen LogP contribution in [0.5, 0.6) is 0 Å². The van der Waals surface area contributed by atoms with Crippen LogP contribution >= 0.6 is 0 Å². The summed E-state index contributed by atoms with van der Waals surface area (Å²) in [6.07, 6.45) is 2.68. The number of fused-ring (bicyclic) bond motifs is 1. The average Bonchev–Trinajstić information content (AvgIpc) is 3.08. The van der Waals surface area contributed by atoms with Crippen LogP contribution in [0.15, 0.2) is 47.6 Å². The average molecular weight is 399 g/mol. The molecule has 0 aliphatic rings. The number of guanidine groups is 1. The van der Waals surface area contributed by atoms with Crippen LogP contribution in [0.25, 0.3) is 10.9 Å². The predicted octanol–water partition coefficient (Wildman–Crippen LogP) is 3.42. The molecule has 0 saturated carbocycles. The van der Waals surface area contributed by atoms with Crippen molar-refractivity contribution in [3.05, 3.63) is 70.9 Å². The van der Waals surface area contributed by atoms with Crippen LogP contribution in [0.2, 0.25) is 0 Å². The van der Waals surface area contributed by atoms with Gasteiger partial charge < -0.3 is 20.5 Å². The largest absolute Gasteiger partial charge is 0.361 e. The van der Waals surface area contributed by atoms with E-state index in [1.807, 2.05) is 31.3 Å². The number of hydrogen-bond donors (Lipinski definition) is 3. The van der Waals surface area contributed by atoms with Crippen molar-refractivity contribution in [2.75, 3.05) is 27.7 Å². The van der Waals surface area contributed by atoms with Gasteiger partial charge in [0.1, 0.15) is 11.6 Å². The third-order valence-electron chi connectivity index (χ3n) is 4.70. The molecule has 0 atom stereocenters. The van der Waals surface area contributed by atoms with Crippen molar-refractivity contribution in [1.29, 1.82) is 0 Å². The van der Waals surface area contributed by atoms with Gasteiger partial charge in [-0.3, -0.25) is 4.99 Å². The SMILES string of the molecule is CN=C(NCCc1c[nH]c2cc(F)ccc12)NCc1ccc(F)c(CN(C)C)c1. The van der Waals surface area contributed by atoms with Crippen molar-refractivity contribution in [2.45, 2.75) is 19.5 Å². The zero-order valence-electron chi connectivity index (χ0n) is 17.0. The lowest BCUT2D eigenvalue weighted by atomic mass is 10.1. The molecular formula is C22H27F2N5. The second-order valence-corrected chi connectivity index (χ2v) is 7.27. The highest BCUT2D eigenvalue weighted by atomic mass is 19.1. The smallest absolute Gasteiger partial charge is 0.191 e. The summed E-state index contributed by atoms with van der Waals surface area (Å²) in [6, 6.07) is 9.93. The number of nitrogens with one attached hydrogen (secondary N) is 3. The van der Waals surface area contributed by atoms with Gasteiger partial charge in [0.25, 0.3) is 0 Å². The quantitative estimate of drug-likeness (QED) is 0.422. The van der Waals surface area contributed by atoms with Crippen LogP contribution in [-0.2, 0) is 19.5 Å². The maximum Gasteiger partial charge on any atom is 0.191 e. The molecule has 0 unspecified atom stereocenters. The van der Waals surface area contributed by atoms with E-state index in [-0.39, 0.29) is 11.6 Å². The molecule has 29 heavy (non-hydrogen) atoms. The van der Waals surface area contributed by atoms with E-state index >= 15 is 0 Å². The Kier molecular flexibility index (Phi) is 6.82. The Hall–Kier alpha value is -2.93. The Labute approximate surface area is 169 Å². The van der Waals surface area contributed by atoms with E-state index in [4.69, 9.17) is 0 Å². The number of benzene rings is 2.